The molecule has 1 saturated heterocycles. The van der Waals surface area contributed by atoms with Crippen molar-refractivity contribution in [3.8, 4) is 17.0 Å². The number of likely N-dealkylation sites (tertiary alicyclic amines) is 1. The quantitative estimate of drug-likeness (QED) is 0.623. The van der Waals surface area contributed by atoms with Crippen LogP contribution in [-0.2, 0) is 11.2 Å². The van der Waals surface area contributed by atoms with E-state index in [2.05, 4.69) is 4.98 Å². The van der Waals surface area contributed by atoms with E-state index in [9.17, 15) is 9.90 Å². The van der Waals surface area contributed by atoms with Crippen LogP contribution < -0.4 is 5.73 Å². The number of phenolic OH excluding ortho intramolecular Hbond substituents is 1. The van der Waals surface area contributed by atoms with Crippen molar-refractivity contribution in [3.63, 3.8) is 0 Å². The van der Waals surface area contributed by atoms with Gasteiger partial charge in [0.25, 0.3) is 0 Å². The smallest absolute Gasteiger partial charge is 0.240 e. The van der Waals surface area contributed by atoms with E-state index in [1.807, 2.05) is 42.2 Å². The van der Waals surface area contributed by atoms with Gasteiger partial charge in [-0.2, -0.15) is 0 Å². The number of carbonyl (C=O) groups is 1. The van der Waals surface area contributed by atoms with Gasteiger partial charge in [0, 0.05) is 17.8 Å². The third-order valence-electron chi connectivity index (χ3n) is 5.51. The van der Waals surface area contributed by atoms with E-state index >= 15 is 0 Å². The molecule has 2 aromatic carbocycles. The zero-order valence-corrected chi connectivity index (χ0v) is 16.5. The van der Waals surface area contributed by atoms with Crippen molar-refractivity contribution in [2.24, 2.45) is 5.73 Å². The van der Waals surface area contributed by atoms with E-state index in [-0.39, 0.29) is 17.7 Å². The Morgan fingerprint density at radius 3 is 2.69 bits per heavy atom. The summed E-state index contributed by atoms with van der Waals surface area (Å²) in [6.07, 6.45) is 2.25. The summed E-state index contributed by atoms with van der Waals surface area (Å²) in [6, 6.07) is 16.2. The summed E-state index contributed by atoms with van der Waals surface area (Å²) in [7, 11) is 0. The van der Waals surface area contributed by atoms with Gasteiger partial charge in [-0.1, -0.05) is 42.5 Å². The molecule has 4 rings (SSSR count). The van der Waals surface area contributed by atoms with Crippen LogP contribution in [-0.4, -0.2) is 38.5 Å². The highest BCUT2D eigenvalue weighted by Crippen LogP contribution is 2.33. The molecule has 4 N–H and O–H groups in total. The molecule has 6 nitrogen and oxygen atoms in total. The molecule has 0 aliphatic carbocycles. The van der Waals surface area contributed by atoms with Gasteiger partial charge in [-0.3, -0.25) is 4.79 Å². The number of benzene rings is 2. The number of rotatable bonds is 5. The van der Waals surface area contributed by atoms with Crippen LogP contribution in [0.2, 0.25) is 0 Å². The zero-order chi connectivity index (χ0) is 20.4. The lowest BCUT2D eigenvalue weighted by atomic mass is 10.0. The summed E-state index contributed by atoms with van der Waals surface area (Å²) >= 11 is 0. The summed E-state index contributed by atoms with van der Waals surface area (Å²) in [4.78, 5) is 23.2. The number of nitrogens with two attached hydrogens (primary N) is 1. The van der Waals surface area contributed by atoms with Crippen molar-refractivity contribution in [2.45, 2.75) is 38.3 Å². The largest absolute Gasteiger partial charge is 0.508 e. The topological polar surface area (TPSA) is 95.2 Å². The van der Waals surface area contributed by atoms with E-state index in [1.165, 1.54) is 0 Å². The molecule has 0 bridgehead atoms. The number of aromatic hydroxyl groups is 1. The minimum atomic E-state index is -0.621. The van der Waals surface area contributed by atoms with Gasteiger partial charge < -0.3 is 20.7 Å². The molecule has 0 radical (unpaired) electrons. The second-order valence-electron chi connectivity index (χ2n) is 7.63. The molecule has 1 aliphatic rings. The van der Waals surface area contributed by atoms with Gasteiger partial charge in [-0.15, -0.1) is 0 Å². The van der Waals surface area contributed by atoms with E-state index in [4.69, 9.17) is 10.7 Å². The van der Waals surface area contributed by atoms with E-state index in [1.54, 1.807) is 24.3 Å². The Morgan fingerprint density at radius 1 is 1.24 bits per heavy atom. The van der Waals surface area contributed by atoms with Gasteiger partial charge >= 0.3 is 0 Å². The molecule has 6 heteroatoms. The average Bonchev–Trinajstić information content (AvgIpc) is 3.36. The molecule has 1 aromatic heterocycles. The first-order valence-corrected chi connectivity index (χ1v) is 9.99. The third kappa shape index (κ3) is 4.03. The molecular weight excluding hydrogens is 364 g/mol. The Bertz CT molecular complexity index is 982. The molecular formula is C23H26N4O2. The second-order valence-corrected chi connectivity index (χ2v) is 7.63. The first kappa shape index (κ1) is 19.2. The van der Waals surface area contributed by atoms with E-state index < -0.39 is 6.04 Å². The number of H-pyrrole nitrogens is 1. The zero-order valence-electron chi connectivity index (χ0n) is 16.5. The number of imidazole rings is 1. The third-order valence-corrected chi connectivity index (χ3v) is 5.51. The Kier molecular flexibility index (Phi) is 5.36. The molecule has 29 heavy (non-hydrogen) atoms. The number of phenols is 1. The van der Waals surface area contributed by atoms with Crippen LogP contribution in [0.25, 0.3) is 11.3 Å². The molecule has 1 amide bonds. The van der Waals surface area contributed by atoms with Crippen LogP contribution in [0, 0.1) is 6.92 Å². The number of hydrogen-bond acceptors (Lipinski definition) is 4. The lowest BCUT2D eigenvalue weighted by Crippen LogP contribution is -2.44. The first-order chi connectivity index (χ1) is 14.0. The van der Waals surface area contributed by atoms with Crippen LogP contribution in [0.1, 0.15) is 36.0 Å². The highest BCUT2D eigenvalue weighted by molar-refractivity contribution is 5.82. The minimum absolute atomic E-state index is 0.0594. The molecule has 0 unspecified atom stereocenters. The summed E-state index contributed by atoms with van der Waals surface area (Å²) in [5.74, 6) is 0.968. The predicted octanol–water partition coefficient (Wildman–Crippen LogP) is 3.32. The SMILES string of the molecule is Cc1[nH]c([C@@H]2CCCN2C(=O)[C@@H](N)Cc2ccc(O)cc2)nc1-c1ccccc1. The summed E-state index contributed by atoms with van der Waals surface area (Å²) in [5.41, 5.74) is 10.2. The monoisotopic (exact) mass is 390 g/mol. The number of aromatic nitrogens is 2. The fraction of sp³-hybridized carbons (Fsp3) is 0.304. The number of hydrogen-bond donors (Lipinski definition) is 3. The number of nitrogens with one attached hydrogen (secondary N) is 1. The van der Waals surface area contributed by atoms with Gasteiger partial charge in [0.2, 0.25) is 5.91 Å². The highest BCUT2D eigenvalue weighted by atomic mass is 16.3. The number of aryl methyl sites for hydroxylation is 1. The van der Waals surface area contributed by atoms with E-state index in [0.717, 1.165) is 41.2 Å². The van der Waals surface area contributed by atoms with Gasteiger partial charge in [0.05, 0.1) is 17.8 Å². The molecule has 2 atom stereocenters. The van der Waals surface area contributed by atoms with Gasteiger partial charge in [-0.05, 0) is 43.9 Å². The van der Waals surface area contributed by atoms with Crippen LogP contribution in [0.5, 0.6) is 5.75 Å². The van der Waals surface area contributed by atoms with Gasteiger partial charge in [0.15, 0.2) is 0 Å². The lowest BCUT2D eigenvalue weighted by molar-refractivity contribution is -0.133. The molecule has 1 aliphatic heterocycles. The Hall–Kier alpha value is -3.12. The number of aromatic amines is 1. The fourth-order valence-electron chi connectivity index (χ4n) is 4.02. The average molecular weight is 390 g/mol. The minimum Gasteiger partial charge on any atom is -0.508 e. The predicted molar refractivity (Wildman–Crippen MR) is 112 cm³/mol. The molecule has 2 heterocycles. The molecule has 1 fully saturated rings. The maximum atomic E-state index is 13.1. The first-order valence-electron chi connectivity index (χ1n) is 9.99. The second kappa shape index (κ2) is 8.09. The van der Waals surface area contributed by atoms with Crippen molar-refractivity contribution < 1.29 is 9.90 Å². The molecule has 0 spiro atoms. The van der Waals surface area contributed by atoms with Crippen LogP contribution >= 0.6 is 0 Å². The van der Waals surface area contributed by atoms with Gasteiger partial charge in [-0.25, -0.2) is 4.98 Å². The highest BCUT2D eigenvalue weighted by Gasteiger charge is 2.34. The van der Waals surface area contributed by atoms with Crippen molar-refractivity contribution in [3.05, 3.63) is 71.7 Å². The molecule has 150 valence electrons. The normalized spacial score (nSPS) is 17.4. The van der Waals surface area contributed by atoms with E-state index in [0.29, 0.717) is 13.0 Å². The number of carbonyl (C=O) groups excluding carboxylic acids is 1. The van der Waals surface area contributed by atoms with Crippen molar-refractivity contribution in [1.29, 1.82) is 0 Å². The Balaban J connectivity index is 1.51. The Morgan fingerprint density at radius 2 is 1.97 bits per heavy atom. The molecule has 3 aromatic rings. The van der Waals surface area contributed by atoms with Crippen LogP contribution in [0.15, 0.2) is 54.6 Å². The maximum absolute atomic E-state index is 13.1. The maximum Gasteiger partial charge on any atom is 0.240 e. The van der Waals surface area contributed by atoms with Gasteiger partial charge in [0.1, 0.15) is 11.6 Å². The number of amides is 1. The van der Waals surface area contributed by atoms with Crippen LogP contribution in [0.3, 0.4) is 0 Å². The summed E-state index contributed by atoms with van der Waals surface area (Å²) in [5, 5.41) is 9.42. The standard InChI is InChI=1S/C23H26N4O2/c1-15-21(17-6-3-2-4-7-17)26-22(25-15)20-8-5-13-27(20)23(29)19(24)14-16-9-11-18(28)12-10-16/h2-4,6-7,9-12,19-20,28H,5,8,13-14,24H2,1H3,(H,25,26)/t19-,20-/m0/s1. The van der Waals surface area contributed by atoms with Crippen molar-refractivity contribution in [2.75, 3.05) is 6.54 Å². The number of nitrogens with zero attached hydrogens (tertiary/aromatic N) is 2. The molecule has 0 saturated carbocycles. The summed E-state index contributed by atoms with van der Waals surface area (Å²) < 4.78 is 0. The van der Waals surface area contributed by atoms with Crippen molar-refractivity contribution >= 4 is 5.91 Å². The lowest BCUT2D eigenvalue weighted by Gasteiger charge is -2.26. The van der Waals surface area contributed by atoms with Crippen molar-refractivity contribution in [1.82, 2.24) is 14.9 Å². The van der Waals surface area contributed by atoms with Crippen LogP contribution in [0.4, 0.5) is 0 Å². The Labute approximate surface area is 170 Å². The summed E-state index contributed by atoms with van der Waals surface area (Å²) in [6.45, 7) is 2.70. The fourth-order valence-corrected chi connectivity index (χ4v) is 4.02.